The van der Waals surface area contributed by atoms with Crippen LogP contribution in [0, 0.1) is 6.92 Å². The van der Waals surface area contributed by atoms with Crippen LogP contribution in [0.25, 0.3) is 0 Å². The van der Waals surface area contributed by atoms with Crippen LogP contribution < -0.4 is 11.1 Å². The SMILES string of the molecule is Cc1ncsc1CNC(=O)c1cc(C(F)(F)F)ccc1N. The molecule has 3 N–H and O–H groups in total. The summed E-state index contributed by atoms with van der Waals surface area (Å²) in [6.07, 6.45) is -4.52. The molecular weight excluding hydrogens is 303 g/mol. The first-order chi connectivity index (χ1) is 9.79. The monoisotopic (exact) mass is 315 g/mol. The second-order valence-electron chi connectivity index (χ2n) is 4.34. The van der Waals surface area contributed by atoms with Crippen molar-refractivity contribution in [1.29, 1.82) is 0 Å². The van der Waals surface area contributed by atoms with Crippen molar-refractivity contribution in [2.24, 2.45) is 0 Å². The van der Waals surface area contributed by atoms with E-state index in [1.54, 1.807) is 12.4 Å². The molecule has 0 saturated carbocycles. The Morgan fingerprint density at radius 2 is 2.14 bits per heavy atom. The van der Waals surface area contributed by atoms with Crippen LogP contribution in [-0.4, -0.2) is 10.9 Å². The number of rotatable bonds is 3. The molecule has 112 valence electrons. The van der Waals surface area contributed by atoms with Gasteiger partial charge in [-0.25, -0.2) is 4.98 Å². The number of nitrogens with zero attached hydrogens (tertiary/aromatic N) is 1. The van der Waals surface area contributed by atoms with Crippen LogP contribution in [0.5, 0.6) is 0 Å². The van der Waals surface area contributed by atoms with Gasteiger partial charge in [0.25, 0.3) is 5.91 Å². The van der Waals surface area contributed by atoms with E-state index in [1.165, 1.54) is 11.3 Å². The van der Waals surface area contributed by atoms with Crippen molar-refractivity contribution in [2.45, 2.75) is 19.6 Å². The van der Waals surface area contributed by atoms with E-state index < -0.39 is 17.6 Å². The van der Waals surface area contributed by atoms with Crippen LogP contribution in [0.3, 0.4) is 0 Å². The minimum Gasteiger partial charge on any atom is -0.398 e. The third-order valence-electron chi connectivity index (χ3n) is 2.88. The number of benzene rings is 1. The fourth-order valence-corrected chi connectivity index (χ4v) is 2.40. The smallest absolute Gasteiger partial charge is 0.398 e. The molecule has 0 aliphatic heterocycles. The first kappa shape index (κ1) is 15.3. The Hall–Kier alpha value is -2.09. The van der Waals surface area contributed by atoms with Gasteiger partial charge in [0.05, 0.1) is 28.9 Å². The predicted molar refractivity (Wildman–Crippen MR) is 73.9 cm³/mol. The topological polar surface area (TPSA) is 68.0 Å². The Labute approximate surface area is 122 Å². The Kier molecular flexibility index (Phi) is 4.17. The van der Waals surface area contributed by atoms with Crippen molar-refractivity contribution in [3.8, 4) is 0 Å². The number of hydrogen-bond acceptors (Lipinski definition) is 4. The number of nitrogens with two attached hydrogens (primary N) is 1. The maximum atomic E-state index is 12.6. The molecule has 8 heteroatoms. The summed E-state index contributed by atoms with van der Waals surface area (Å²) in [7, 11) is 0. The van der Waals surface area contributed by atoms with E-state index in [2.05, 4.69) is 10.3 Å². The van der Waals surface area contributed by atoms with Crippen molar-refractivity contribution >= 4 is 22.9 Å². The lowest BCUT2D eigenvalue weighted by atomic mass is 10.1. The molecule has 0 spiro atoms. The van der Waals surface area contributed by atoms with Gasteiger partial charge in [0.2, 0.25) is 0 Å². The van der Waals surface area contributed by atoms with Gasteiger partial charge in [0.15, 0.2) is 0 Å². The van der Waals surface area contributed by atoms with Gasteiger partial charge in [-0.3, -0.25) is 4.79 Å². The normalized spacial score (nSPS) is 11.4. The highest BCUT2D eigenvalue weighted by Gasteiger charge is 2.31. The third-order valence-corrected chi connectivity index (χ3v) is 3.81. The van der Waals surface area contributed by atoms with E-state index >= 15 is 0 Å². The zero-order chi connectivity index (χ0) is 15.6. The molecule has 1 amide bonds. The van der Waals surface area contributed by atoms with Crippen molar-refractivity contribution in [3.05, 3.63) is 45.4 Å². The maximum absolute atomic E-state index is 12.6. The zero-order valence-electron chi connectivity index (χ0n) is 11.0. The van der Waals surface area contributed by atoms with Gasteiger partial charge in [0, 0.05) is 10.6 Å². The highest BCUT2D eigenvalue weighted by atomic mass is 32.1. The first-order valence-electron chi connectivity index (χ1n) is 5.93. The number of hydrogen-bond donors (Lipinski definition) is 2. The Morgan fingerprint density at radius 1 is 1.43 bits per heavy atom. The summed E-state index contributed by atoms with van der Waals surface area (Å²) in [5, 5.41) is 2.55. The highest BCUT2D eigenvalue weighted by Crippen LogP contribution is 2.31. The number of aromatic nitrogens is 1. The van der Waals surface area contributed by atoms with Crippen LogP contribution in [0.2, 0.25) is 0 Å². The Balaban J connectivity index is 2.17. The fourth-order valence-electron chi connectivity index (χ4n) is 1.68. The van der Waals surface area contributed by atoms with Gasteiger partial charge in [-0.2, -0.15) is 13.2 Å². The standard InChI is InChI=1S/C13H12F3N3OS/c1-7-11(21-6-19-7)5-18-12(20)9-4-8(13(14,15)16)2-3-10(9)17/h2-4,6H,5,17H2,1H3,(H,18,20). The second kappa shape index (κ2) is 5.72. The number of amides is 1. The van der Waals surface area contributed by atoms with Crippen molar-refractivity contribution < 1.29 is 18.0 Å². The van der Waals surface area contributed by atoms with E-state index in [9.17, 15) is 18.0 Å². The molecule has 0 aliphatic carbocycles. The summed E-state index contributed by atoms with van der Waals surface area (Å²) in [6.45, 7) is 1.99. The van der Waals surface area contributed by atoms with Crippen LogP contribution in [0.4, 0.5) is 18.9 Å². The van der Waals surface area contributed by atoms with Gasteiger partial charge in [-0.1, -0.05) is 0 Å². The van der Waals surface area contributed by atoms with E-state index in [4.69, 9.17) is 5.73 Å². The minimum absolute atomic E-state index is 0.00141. The molecule has 1 aromatic heterocycles. The average molecular weight is 315 g/mol. The summed E-state index contributed by atoms with van der Waals surface area (Å²) in [5.41, 5.74) is 6.89. The molecule has 0 unspecified atom stereocenters. The first-order valence-corrected chi connectivity index (χ1v) is 6.81. The lowest BCUT2D eigenvalue weighted by molar-refractivity contribution is -0.137. The number of halogens is 3. The van der Waals surface area contributed by atoms with Crippen molar-refractivity contribution in [2.75, 3.05) is 5.73 Å². The van der Waals surface area contributed by atoms with Crippen LogP contribution in [-0.2, 0) is 12.7 Å². The molecule has 0 atom stereocenters. The number of carbonyl (C=O) groups excluding carboxylic acids is 1. The molecule has 0 aliphatic rings. The summed E-state index contributed by atoms with van der Waals surface area (Å²) in [5.74, 6) is -0.647. The van der Waals surface area contributed by atoms with Crippen LogP contribution in [0.1, 0.15) is 26.5 Å². The van der Waals surface area contributed by atoms with Crippen molar-refractivity contribution in [3.63, 3.8) is 0 Å². The third kappa shape index (κ3) is 3.52. The molecule has 1 heterocycles. The summed E-state index contributed by atoms with van der Waals surface area (Å²) in [4.78, 5) is 16.8. The maximum Gasteiger partial charge on any atom is 0.416 e. The van der Waals surface area contributed by atoms with Gasteiger partial charge in [-0.05, 0) is 25.1 Å². The molecular formula is C13H12F3N3OS. The molecule has 0 bridgehead atoms. The van der Waals surface area contributed by atoms with E-state index in [-0.39, 0.29) is 17.8 Å². The molecule has 2 aromatic rings. The summed E-state index contributed by atoms with van der Waals surface area (Å²) >= 11 is 1.36. The number of nitrogens with one attached hydrogen (secondary N) is 1. The van der Waals surface area contributed by atoms with Crippen molar-refractivity contribution in [1.82, 2.24) is 10.3 Å². The quantitative estimate of drug-likeness (QED) is 0.856. The predicted octanol–water partition coefficient (Wildman–Crippen LogP) is 2.98. The van der Waals surface area contributed by atoms with Gasteiger partial charge in [-0.15, -0.1) is 11.3 Å². The Bertz CT molecular complexity index is 667. The molecule has 0 saturated heterocycles. The minimum atomic E-state index is -4.52. The van der Waals surface area contributed by atoms with E-state index in [0.29, 0.717) is 0 Å². The highest BCUT2D eigenvalue weighted by molar-refractivity contribution is 7.09. The number of alkyl halides is 3. The van der Waals surface area contributed by atoms with Gasteiger partial charge >= 0.3 is 6.18 Å². The summed E-state index contributed by atoms with van der Waals surface area (Å²) < 4.78 is 37.9. The zero-order valence-corrected chi connectivity index (χ0v) is 11.8. The molecule has 1 aromatic carbocycles. The molecule has 0 fully saturated rings. The molecule has 21 heavy (non-hydrogen) atoms. The van der Waals surface area contributed by atoms with Crippen LogP contribution >= 0.6 is 11.3 Å². The average Bonchev–Trinajstić information content (AvgIpc) is 2.80. The summed E-state index contributed by atoms with van der Waals surface area (Å²) in [6, 6.07) is 2.68. The fraction of sp³-hybridized carbons (Fsp3) is 0.231. The molecule has 2 rings (SSSR count). The Morgan fingerprint density at radius 3 is 2.71 bits per heavy atom. The number of anilines is 1. The van der Waals surface area contributed by atoms with Crippen LogP contribution in [0.15, 0.2) is 23.7 Å². The molecule has 0 radical (unpaired) electrons. The number of carbonyl (C=O) groups is 1. The lowest BCUT2D eigenvalue weighted by Gasteiger charge is -2.11. The number of thiazole rings is 1. The van der Waals surface area contributed by atoms with Gasteiger partial charge < -0.3 is 11.1 Å². The second-order valence-corrected chi connectivity index (χ2v) is 5.28. The number of nitrogen functional groups attached to an aromatic ring is 1. The van der Waals surface area contributed by atoms with Gasteiger partial charge in [0.1, 0.15) is 0 Å². The largest absolute Gasteiger partial charge is 0.416 e. The van der Waals surface area contributed by atoms with E-state index in [1.807, 2.05) is 0 Å². The number of aryl methyl sites for hydroxylation is 1. The van der Waals surface area contributed by atoms with E-state index in [0.717, 1.165) is 28.8 Å². The lowest BCUT2D eigenvalue weighted by Crippen LogP contribution is -2.24. The molecule has 4 nitrogen and oxygen atoms in total.